The van der Waals surface area contributed by atoms with E-state index in [-0.39, 0.29) is 0 Å². The minimum Gasteiger partial charge on any atom is -0.103 e. The Balaban J connectivity index is 3.06. The Morgan fingerprint density at radius 2 is 0.594 bits per heavy atom. The summed E-state index contributed by atoms with van der Waals surface area (Å²) in [6, 6.07) is 0. The van der Waals surface area contributed by atoms with Crippen molar-refractivity contribution in [2.75, 3.05) is 0 Å². The van der Waals surface area contributed by atoms with Gasteiger partial charge in [-0.3, -0.25) is 0 Å². The molecule has 0 spiro atoms. The second-order valence-electron chi connectivity index (χ2n) is 10.3. The molecule has 32 heavy (non-hydrogen) atoms. The number of hydrogen-bond acceptors (Lipinski definition) is 0. The van der Waals surface area contributed by atoms with Crippen molar-refractivity contribution in [1.29, 1.82) is 0 Å². The van der Waals surface area contributed by atoms with E-state index < -0.39 is 0 Å². The zero-order chi connectivity index (χ0) is 23.2. The minimum absolute atomic E-state index is 1.20. The Morgan fingerprint density at radius 3 is 0.875 bits per heavy atom. The van der Waals surface area contributed by atoms with E-state index in [1.807, 2.05) is 6.08 Å². The van der Waals surface area contributed by atoms with E-state index in [0.717, 1.165) is 0 Å². The summed E-state index contributed by atoms with van der Waals surface area (Å²) in [5.74, 6) is 0. The third-order valence-electron chi connectivity index (χ3n) is 6.92. The maximum atomic E-state index is 3.79. The van der Waals surface area contributed by atoms with Crippen LogP contribution in [0.1, 0.15) is 180 Å². The molecule has 0 aliphatic carbocycles. The lowest BCUT2D eigenvalue weighted by atomic mass is 10.0. The molecule has 0 rings (SSSR count). The Labute approximate surface area is 205 Å². The van der Waals surface area contributed by atoms with Gasteiger partial charge in [0, 0.05) is 0 Å². The molecule has 0 amide bonds. The Morgan fingerprint density at radius 1 is 0.344 bits per heavy atom. The molecule has 0 aromatic heterocycles. The van der Waals surface area contributed by atoms with Gasteiger partial charge in [-0.15, -0.1) is 6.58 Å². The molecule has 0 saturated heterocycles. The van der Waals surface area contributed by atoms with Gasteiger partial charge in [0.05, 0.1) is 0 Å². The van der Waals surface area contributed by atoms with Crippen molar-refractivity contribution < 1.29 is 0 Å². The van der Waals surface area contributed by atoms with Crippen LogP contribution in [0.25, 0.3) is 0 Å². The van der Waals surface area contributed by atoms with Gasteiger partial charge in [-0.2, -0.15) is 0 Å². The van der Waals surface area contributed by atoms with Gasteiger partial charge in [-0.1, -0.05) is 160 Å². The van der Waals surface area contributed by atoms with Crippen LogP contribution in [-0.2, 0) is 0 Å². The Hall–Kier alpha value is -0.520. The van der Waals surface area contributed by atoms with Crippen molar-refractivity contribution in [2.45, 2.75) is 180 Å². The van der Waals surface area contributed by atoms with Crippen molar-refractivity contribution in [1.82, 2.24) is 0 Å². The Bertz CT molecular complexity index is 353. The monoisotopic (exact) mass is 446 g/mol. The maximum absolute atomic E-state index is 3.79. The predicted octanol–water partition coefficient (Wildman–Crippen LogP) is 12.3. The van der Waals surface area contributed by atoms with Crippen LogP contribution >= 0.6 is 0 Å². The van der Waals surface area contributed by atoms with E-state index in [0.29, 0.717) is 0 Å². The third-order valence-corrected chi connectivity index (χ3v) is 6.92. The van der Waals surface area contributed by atoms with Crippen LogP contribution in [0.4, 0.5) is 0 Å². The van der Waals surface area contributed by atoms with Gasteiger partial charge in [0.25, 0.3) is 0 Å². The van der Waals surface area contributed by atoms with Gasteiger partial charge < -0.3 is 0 Å². The fourth-order valence-electron chi connectivity index (χ4n) is 4.66. The van der Waals surface area contributed by atoms with Crippen molar-refractivity contribution in [3.63, 3.8) is 0 Å². The van der Waals surface area contributed by atoms with Crippen LogP contribution in [0, 0.1) is 0 Å². The fraction of sp³-hybridized carbons (Fsp3) is 0.875. The SMILES string of the molecule is C=CCCCCCCCCCC=CCCCCCCCCCCCCCCCCCCC. The smallest absolute Gasteiger partial charge is 0.0351 e. The van der Waals surface area contributed by atoms with E-state index in [4.69, 9.17) is 0 Å². The Kier molecular flexibility index (Phi) is 30.0. The first-order valence-corrected chi connectivity index (χ1v) is 15.2. The van der Waals surface area contributed by atoms with Gasteiger partial charge in [0.15, 0.2) is 0 Å². The number of allylic oxidation sites excluding steroid dienone is 3. The van der Waals surface area contributed by atoms with Gasteiger partial charge >= 0.3 is 0 Å². The quantitative estimate of drug-likeness (QED) is 0.0827. The molecular formula is C32H62. The number of hydrogen-bond donors (Lipinski definition) is 0. The summed E-state index contributed by atoms with van der Waals surface area (Å²) < 4.78 is 0. The van der Waals surface area contributed by atoms with Crippen molar-refractivity contribution in [3.05, 3.63) is 24.8 Å². The summed E-state index contributed by atoms with van der Waals surface area (Å²) in [7, 11) is 0. The molecule has 0 saturated carbocycles. The molecule has 0 heterocycles. The lowest BCUT2D eigenvalue weighted by Gasteiger charge is -2.03. The lowest BCUT2D eigenvalue weighted by molar-refractivity contribution is 0.527. The van der Waals surface area contributed by atoms with E-state index in [2.05, 4.69) is 25.7 Å². The summed E-state index contributed by atoms with van der Waals surface area (Å²) in [6.07, 6.45) is 45.4. The third kappa shape index (κ3) is 29.5. The summed E-state index contributed by atoms with van der Waals surface area (Å²) in [6.45, 7) is 6.09. The summed E-state index contributed by atoms with van der Waals surface area (Å²) >= 11 is 0. The molecule has 0 radical (unpaired) electrons. The second-order valence-corrected chi connectivity index (χ2v) is 10.3. The van der Waals surface area contributed by atoms with Crippen LogP contribution in [0.5, 0.6) is 0 Å². The van der Waals surface area contributed by atoms with Gasteiger partial charge in [-0.25, -0.2) is 0 Å². The highest BCUT2D eigenvalue weighted by molar-refractivity contribution is 4.81. The molecule has 0 atom stereocenters. The second kappa shape index (κ2) is 30.5. The van der Waals surface area contributed by atoms with Crippen LogP contribution in [-0.4, -0.2) is 0 Å². The van der Waals surface area contributed by atoms with E-state index in [1.54, 1.807) is 0 Å². The number of unbranched alkanes of at least 4 members (excludes halogenated alkanes) is 25. The minimum atomic E-state index is 1.20. The predicted molar refractivity (Wildman–Crippen MR) is 150 cm³/mol. The zero-order valence-electron chi connectivity index (χ0n) is 22.5. The van der Waals surface area contributed by atoms with Gasteiger partial charge in [0.2, 0.25) is 0 Å². The first-order valence-electron chi connectivity index (χ1n) is 15.2. The molecule has 0 bridgehead atoms. The normalized spacial score (nSPS) is 11.5. The zero-order valence-corrected chi connectivity index (χ0v) is 22.5. The van der Waals surface area contributed by atoms with E-state index in [9.17, 15) is 0 Å². The molecule has 0 unspecified atom stereocenters. The maximum Gasteiger partial charge on any atom is -0.0351 e. The van der Waals surface area contributed by atoms with Crippen molar-refractivity contribution in [2.24, 2.45) is 0 Å². The molecule has 190 valence electrons. The summed E-state index contributed by atoms with van der Waals surface area (Å²) in [5, 5.41) is 0. The van der Waals surface area contributed by atoms with Crippen LogP contribution in [0.3, 0.4) is 0 Å². The molecule has 0 aromatic carbocycles. The molecule has 0 N–H and O–H groups in total. The molecule has 0 aliphatic heterocycles. The van der Waals surface area contributed by atoms with Gasteiger partial charge in [0.1, 0.15) is 0 Å². The number of rotatable bonds is 28. The molecule has 0 fully saturated rings. The highest BCUT2D eigenvalue weighted by Crippen LogP contribution is 2.15. The van der Waals surface area contributed by atoms with Crippen LogP contribution in [0.2, 0.25) is 0 Å². The lowest BCUT2D eigenvalue weighted by Crippen LogP contribution is -1.83. The molecular weight excluding hydrogens is 384 g/mol. The molecule has 0 aliphatic rings. The first kappa shape index (κ1) is 31.5. The average molecular weight is 447 g/mol. The fourth-order valence-corrected chi connectivity index (χ4v) is 4.66. The van der Waals surface area contributed by atoms with Crippen LogP contribution in [0.15, 0.2) is 24.8 Å². The topological polar surface area (TPSA) is 0 Å². The largest absolute Gasteiger partial charge is 0.103 e. The molecule has 0 nitrogen and oxygen atoms in total. The summed E-state index contributed by atoms with van der Waals surface area (Å²) in [4.78, 5) is 0. The highest BCUT2D eigenvalue weighted by atomic mass is 14.0. The molecule has 0 heteroatoms. The van der Waals surface area contributed by atoms with Crippen LogP contribution < -0.4 is 0 Å². The van der Waals surface area contributed by atoms with Crippen molar-refractivity contribution in [3.8, 4) is 0 Å². The highest BCUT2D eigenvalue weighted by Gasteiger charge is 1.95. The van der Waals surface area contributed by atoms with E-state index in [1.165, 1.54) is 173 Å². The summed E-state index contributed by atoms with van der Waals surface area (Å²) in [5.41, 5.74) is 0. The first-order chi connectivity index (χ1) is 15.9. The van der Waals surface area contributed by atoms with Gasteiger partial charge in [-0.05, 0) is 38.5 Å². The van der Waals surface area contributed by atoms with Crippen molar-refractivity contribution >= 4 is 0 Å². The molecule has 0 aromatic rings. The van der Waals surface area contributed by atoms with E-state index >= 15 is 0 Å². The average Bonchev–Trinajstić information content (AvgIpc) is 2.81. The standard InChI is InChI=1S/C32H62/c1-3-5-7-9-11-13-15-17-19-21-23-25-27-29-31-32-30-28-26-24-22-20-18-16-14-12-10-8-6-4-2/h3,23,25H,1,4-22,24,26-32H2,2H3.